The van der Waals surface area contributed by atoms with Crippen molar-refractivity contribution in [2.75, 3.05) is 13.1 Å². The maximum absolute atomic E-state index is 13.1. The smallest absolute Gasteiger partial charge is 0.227 e. The molecule has 0 saturated carbocycles. The minimum atomic E-state index is -0.291. The number of halogens is 1. The molecule has 0 bridgehead atoms. The van der Waals surface area contributed by atoms with Crippen LogP contribution < -0.4 is 0 Å². The Balaban J connectivity index is 1.49. The number of aromatic amines is 1. The normalized spacial score (nSPS) is 16.9. The summed E-state index contributed by atoms with van der Waals surface area (Å²) in [6.45, 7) is 3.25. The molecule has 0 unspecified atom stereocenters. The van der Waals surface area contributed by atoms with Crippen molar-refractivity contribution in [3.05, 3.63) is 65.6 Å². The van der Waals surface area contributed by atoms with E-state index in [1.165, 1.54) is 12.1 Å². The number of hydrogen-bond acceptors (Lipinski definition) is 4. The van der Waals surface area contributed by atoms with Gasteiger partial charge in [-0.2, -0.15) is 0 Å². The van der Waals surface area contributed by atoms with E-state index >= 15 is 0 Å². The van der Waals surface area contributed by atoms with E-state index in [9.17, 15) is 9.18 Å². The lowest BCUT2D eigenvalue weighted by molar-refractivity contribution is -0.131. The van der Waals surface area contributed by atoms with Crippen LogP contribution in [-0.2, 0) is 11.2 Å². The van der Waals surface area contributed by atoms with Crippen LogP contribution in [0.15, 0.2) is 42.7 Å². The standard InChI is InChI=1S/C21H22FN5O/c1-14-25-18(12-19(26-14)21-23-8-9-24-21)16-3-2-10-27(13-16)20(28)11-15-4-6-17(22)7-5-15/h4-9,12,16H,2-3,10-11,13H2,1H3,(H,23,24)/t16-/m0/s1. The predicted molar refractivity (Wildman–Crippen MR) is 103 cm³/mol. The van der Waals surface area contributed by atoms with Gasteiger partial charge in [0.2, 0.25) is 5.91 Å². The van der Waals surface area contributed by atoms with Crippen molar-refractivity contribution in [3.8, 4) is 11.5 Å². The molecule has 1 aromatic carbocycles. The van der Waals surface area contributed by atoms with Gasteiger partial charge in [-0.25, -0.2) is 19.3 Å². The lowest BCUT2D eigenvalue weighted by atomic mass is 9.93. The summed E-state index contributed by atoms with van der Waals surface area (Å²) in [4.78, 5) is 31.1. The zero-order valence-corrected chi connectivity index (χ0v) is 15.7. The molecule has 1 amide bonds. The summed E-state index contributed by atoms with van der Waals surface area (Å²) >= 11 is 0. The molecule has 1 aliphatic heterocycles. The van der Waals surface area contributed by atoms with E-state index in [2.05, 4.69) is 19.9 Å². The van der Waals surface area contributed by atoms with Crippen molar-refractivity contribution >= 4 is 5.91 Å². The quantitative estimate of drug-likeness (QED) is 0.755. The van der Waals surface area contributed by atoms with E-state index in [0.717, 1.165) is 36.3 Å². The number of amides is 1. The molecule has 1 saturated heterocycles. The molecule has 6 nitrogen and oxygen atoms in total. The Bertz CT molecular complexity index is 955. The summed E-state index contributed by atoms with van der Waals surface area (Å²) in [6, 6.07) is 8.07. The highest BCUT2D eigenvalue weighted by Crippen LogP contribution is 2.28. The Morgan fingerprint density at radius 1 is 1.29 bits per heavy atom. The number of carbonyl (C=O) groups excluding carboxylic acids is 1. The minimum absolute atomic E-state index is 0.0633. The summed E-state index contributed by atoms with van der Waals surface area (Å²) in [5, 5.41) is 0. The van der Waals surface area contributed by atoms with E-state index in [0.29, 0.717) is 18.2 Å². The number of likely N-dealkylation sites (tertiary alicyclic amines) is 1. The van der Waals surface area contributed by atoms with Crippen LogP contribution in [0.4, 0.5) is 4.39 Å². The van der Waals surface area contributed by atoms with Crippen molar-refractivity contribution in [2.45, 2.75) is 32.1 Å². The third-order valence-corrected chi connectivity index (χ3v) is 5.06. The van der Waals surface area contributed by atoms with E-state index in [1.807, 2.05) is 17.9 Å². The Morgan fingerprint density at radius 2 is 2.11 bits per heavy atom. The highest BCUT2D eigenvalue weighted by atomic mass is 19.1. The molecule has 28 heavy (non-hydrogen) atoms. The Morgan fingerprint density at radius 3 is 2.86 bits per heavy atom. The number of aryl methyl sites for hydroxylation is 1. The number of aromatic nitrogens is 4. The van der Waals surface area contributed by atoms with Crippen LogP contribution in [-0.4, -0.2) is 43.8 Å². The van der Waals surface area contributed by atoms with Crippen LogP contribution in [0.2, 0.25) is 0 Å². The zero-order chi connectivity index (χ0) is 19.5. The lowest BCUT2D eigenvalue weighted by Crippen LogP contribution is -2.40. The second kappa shape index (κ2) is 7.88. The number of benzene rings is 1. The highest BCUT2D eigenvalue weighted by Gasteiger charge is 2.26. The van der Waals surface area contributed by atoms with Crippen molar-refractivity contribution in [2.24, 2.45) is 0 Å². The van der Waals surface area contributed by atoms with Crippen LogP contribution in [0.5, 0.6) is 0 Å². The SMILES string of the molecule is Cc1nc(-c2ncc[nH]2)cc([C@H]2CCCN(C(=O)Cc3ccc(F)cc3)C2)n1. The molecule has 2 aromatic heterocycles. The number of rotatable bonds is 4. The topological polar surface area (TPSA) is 74.8 Å². The van der Waals surface area contributed by atoms with Gasteiger partial charge in [0, 0.05) is 37.1 Å². The molecule has 0 aliphatic carbocycles. The van der Waals surface area contributed by atoms with Crippen LogP contribution >= 0.6 is 0 Å². The van der Waals surface area contributed by atoms with Crippen molar-refractivity contribution in [1.82, 2.24) is 24.8 Å². The number of piperidine rings is 1. The minimum Gasteiger partial charge on any atom is -0.343 e. The molecular weight excluding hydrogens is 357 g/mol. The number of H-pyrrole nitrogens is 1. The fourth-order valence-electron chi connectivity index (χ4n) is 3.66. The molecule has 7 heteroatoms. The first-order valence-electron chi connectivity index (χ1n) is 9.46. The molecular formula is C21H22FN5O. The summed E-state index contributed by atoms with van der Waals surface area (Å²) in [5.41, 5.74) is 2.53. The summed E-state index contributed by atoms with van der Waals surface area (Å²) in [7, 11) is 0. The maximum Gasteiger partial charge on any atom is 0.227 e. The highest BCUT2D eigenvalue weighted by molar-refractivity contribution is 5.79. The zero-order valence-electron chi connectivity index (χ0n) is 15.7. The Hall–Kier alpha value is -3.09. The number of nitrogens with one attached hydrogen (secondary N) is 1. The van der Waals surface area contributed by atoms with E-state index < -0.39 is 0 Å². The monoisotopic (exact) mass is 379 g/mol. The molecule has 144 valence electrons. The summed E-state index contributed by atoms with van der Waals surface area (Å²) in [5.74, 6) is 1.35. The first kappa shape index (κ1) is 18.3. The molecule has 1 fully saturated rings. The fourth-order valence-corrected chi connectivity index (χ4v) is 3.66. The van der Waals surface area contributed by atoms with Gasteiger partial charge in [0.25, 0.3) is 0 Å². The van der Waals surface area contributed by atoms with Crippen LogP contribution in [0.3, 0.4) is 0 Å². The van der Waals surface area contributed by atoms with Gasteiger partial charge in [-0.05, 0) is 43.5 Å². The van der Waals surface area contributed by atoms with Gasteiger partial charge < -0.3 is 9.88 Å². The van der Waals surface area contributed by atoms with Crippen molar-refractivity contribution in [1.29, 1.82) is 0 Å². The average molecular weight is 379 g/mol. The number of carbonyl (C=O) groups is 1. The van der Waals surface area contributed by atoms with Gasteiger partial charge in [-0.1, -0.05) is 12.1 Å². The molecule has 0 spiro atoms. The number of hydrogen-bond donors (Lipinski definition) is 1. The molecule has 3 heterocycles. The Labute approximate surface area is 162 Å². The first-order chi connectivity index (χ1) is 13.6. The van der Waals surface area contributed by atoms with Gasteiger partial charge in [0.1, 0.15) is 17.3 Å². The van der Waals surface area contributed by atoms with Crippen molar-refractivity contribution < 1.29 is 9.18 Å². The van der Waals surface area contributed by atoms with Crippen LogP contribution in [0.25, 0.3) is 11.5 Å². The third kappa shape index (κ3) is 4.08. The van der Waals surface area contributed by atoms with Crippen LogP contribution in [0.1, 0.15) is 35.8 Å². The third-order valence-electron chi connectivity index (χ3n) is 5.06. The van der Waals surface area contributed by atoms with Gasteiger partial charge in [0.05, 0.1) is 6.42 Å². The lowest BCUT2D eigenvalue weighted by Gasteiger charge is -2.32. The second-order valence-corrected chi connectivity index (χ2v) is 7.15. The maximum atomic E-state index is 13.1. The second-order valence-electron chi connectivity index (χ2n) is 7.15. The summed E-state index contributed by atoms with van der Waals surface area (Å²) in [6.07, 6.45) is 5.66. The van der Waals surface area contributed by atoms with Gasteiger partial charge >= 0.3 is 0 Å². The van der Waals surface area contributed by atoms with Gasteiger partial charge in [-0.15, -0.1) is 0 Å². The first-order valence-corrected chi connectivity index (χ1v) is 9.46. The predicted octanol–water partition coefficient (Wildman–Crippen LogP) is 3.26. The average Bonchev–Trinajstić information content (AvgIpc) is 3.24. The fraction of sp³-hybridized carbons (Fsp3) is 0.333. The van der Waals surface area contributed by atoms with E-state index in [1.54, 1.807) is 24.5 Å². The summed E-state index contributed by atoms with van der Waals surface area (Å²) < 4.78 is 13.1. The van der Waals surface area contributed by atoms with Crippen LogP contribution in [0, 0.1) is 12.7 Å². The molecule has 1 atom stereocenters. The number of nitrogens with zero attached hydrogens (tertiary/aromatic N) is 4. The number of imidazole rings is 1. The van der Waals surface area contributed by atoms with Gasteiger partial charge in [0.15, 0.2) is 5.82 Å². The van der Waals surface area contributed by atoms with Gasteiger partial charge in [-0.3, -0.25) is 4.79 Å². The molecule has 4 rings (SSSR count). The largest absolute Gasteiger partial charge is 0.343 e. The molecule has 1 aliphatic rings. The molecule has 3 aromatic rings. The van der Waals surface area contributed by atoms with Crippen molar-refractivity contribution in [3.63, 3.8) is 0 Å². The molecule has 0 radical (unpaired) electrons. The molecule has 1 N–H and O–H groups in total. The van der Waals surface area contributed by atoms with E-state index in [-0.39, 0.29) is 24.1 Å². The Kier molecular flexibility index (Phi) is 5.14. The van der Waals surface area contributed by atoms with E-state index in [4.69, 9.17) is 0 Å².